The molecule has 9 heteroatoms. The lowest BCUT2D eigenvalue weighted by atomic mass is 10.2. The molecule has 3 aromatic rings. The first kappa shape index (κ1) is 17.3. The van der Waals surface area contributed by atoms with Crippen molar-refractivity contribution in [1.29, 1.82) is 0 Å². The summed E-state index contributed by atoms with van der Waals surface area (Å²) in [4.78, 5) is 15.9. The van der Waals surface area contributed by atoms with Crippen molar-refractivity contribution >= 4 is 5.91 Å². The van der Waals surface area contributed by atoms with E-state index in [1.807, 2.05) is 52.2 Å². The molecule has 3 heterocycles. The molecule has 0 bridgehead atoms. The quantitative estimate of drug-likeness (QED) is 0.664. The van der Waals surface area contributed by atoms with Crippen LogP contribution in [0.15, 0.2) is 48.8 Å². The summed E-state index contributed by atoms with van der Waals surface area (Å²) in [5.41, 5.74) is 0.874. The zero-order valence-corrected chi connectivity index (χ0v) is 14.9. The van der Waals surface area contributed by atoms with Crippen molar-refractivity contribution in [2.45, 2.75) is 25.6 Å². The van der Waals surface area contributed by atoms with Gasteiger partial charge in [0.15, 0.2) is 0 Å². The van der Waals surface area contributed by atoms with Crippen LogP contribution in [-0.4, -0.2) is 66.6 Å². The summed E-state index contributed by atoms with van der Waals surface area (Å²) in [6.07, 6.45) is 4.35. The Labute approximate surface area is 156 Å². The molecule has 1 aliphatic heterocycles. The minimum atomic E-state index is -0.0834. The van der Waals surface area contributed by atoms with E-state index in [0.29, 0.717) is 32.1 Å². The van der Waals surface area contributed by atoms with Crippen molar-refractivity contribution in [1.82, 2.24) is 34.9 Å². The first-order chi connectivity index (χ1) is 13.3. The van der Waals surface area contributed by atoms with Crippen molar-refractivity contribution in [2.24, 2.45) is 0 Å². The van der Waals surface area contributed by atoms with Gasteiger partial charge in [-0.1, -0.05) is 30.3 Å². The minimum Gasteiger partial charge on any atom is -0.374 e. The molecular formula is C18H21N7O2. The fraction of sp³-hybridized carbons (Fsp3) is 0.389. The Morgan fingerprint density at radius 3 is 2.93 bits per heavy atom. The molecule has 1 atom stereocenters. The van der Waals surface area contributed by atoms with E-state index in [2.05, 4.69) is 20.5 Å². The average Bonchev–Trinajstić information content (AvgIpc) is 3.31. The third-order valence-corrected chi connectivity index (χ3v) is 4.41. The lowest BCUT2D eigenvalue weighted by Crippen LogP contribution is -2.40. The van der Waals surface area contributed by atoms with Gasteiger partial charge in [-0.3, -0.25) is 9.48 Å². The fourth-order valence-electron chi connectivity index (χ4n) is 3.08. The highest BCUT2D eigenvalue weighted by Gasteiger charge is 2.24. The van der Waals surface area contributed by atoms with Crippen LogP contribution in [0.4, 0.5) is 0 Å². The van der Waals surface area contributed by atoms with E-state index in [4.69, 9.17) is 4.74 Å². The molecule has 1 aliphatic rings. The second-order valence-electron chi connectivity index (χ2n) is 6.42. The number of rotatable bonds is 5. The maximum absolute atomic E-state index is 12.7. The second-order valence-corrected chi connectivity index (χ2v) is 6.42. The summed E-state index contributed by atoms with van der Waals surface area (Å²) in [5.74, 6) is 0.474. The van der Waals surface area contributed by atoms with Crippen molar-refractivity contribution in [3.63, 3.8) is 0 Å². The maximum Gasteiger partial charge on any atom is 0.246 e. The SMILES string of the molecule is O=C(Cn1nnc(-c2ccccc2)n1)N1CCCO[C@H](Cn2cccn2)C1. The molecule has 140 valence electrons. The third-order valence-electron chi connectivity index (χ3n) is 4.41. The minimum absolute atomic E-state index is 0.0389. The van der Waals surface area contributed by atoms with Crippen LogP contribution in [0.3, 0.4) is 0 Å². The van der Waals surface area contributed by atoms with Crippen LogP contribution in [0.5, 0.6) is 0 Å². The zero-order chi connectivity index (χ0) is 18.5. The molecule has 9 nitrogen and oxygen atoms in total. The number of hydrogen-bond donors (Lipinski definition) is 0. The van der Waals surface area contributed by atoms with Gasteiger partial charge < -0.3 is 9.64 Å². The van der Waals surface area contributed by atoms with E-state index >= 15 is 0 Å². The van der Waals surface area contributed by atoms with Crippen molar-refractivity contribution in [2.75, 3.05) is 19.7 Å². The number of carbonyl (C=O) groups excluding carboxylic acids is 1. The number of hydrogen-bond acceptors (Lipinski definition) is 6. The number of carbonyl (C=O) groups is 1. The third kappa shape index (κ3) is 4.37. The molecular weight excluding hydrogens is 346 g/mol. The molecule has 0 unspecified atom stereocenters. The van der Waals surface area contributed by atoms with E-state index in [1.54, 1.807) is 6.20 Å². The van der Waals surface area contributed by atoms with Crippen LogP contribution < -0.4 is 0 Å². The normalized spacial score (nSPS) is 17.6. The summed E-state index contributed by atoms with van der Waals surface area (Å²) in [5, 5.41) is 16.6. The van der Waals surface area contributed by atoms with Crippen LogP contribution in [0.2, 0.25) is 0 Å². The Hall–Kier alpha value is -3.07. The van der Waals surface area contributed by atoms with E-state index in [9.17, 15) is 4.79 Å². The molecule has 0 radical (unpaired) electrons. The predicted octanol–water partition coefficient (Wildman–Crippen LogP) is 0.854. The number of amides is 1. The first-order valence-corrected chi connectivity index (χ1v) is 8.98. The van der Waals surface area contributed by atoms with Gasteiger partial charge >= 0.3 is 0 Å². The number of aromatic nitrogens is 6. The van der Waals surface area contributed by atoms with Gasteiger partial charge in [0.05, 0.1) is 12.6 Å². The average molecular weight is 367 g/mol. The highest BCUT2D eigenvalue weighted by Crippen LogP contribution is 2.12. The van der Waals surface area contributed by atoms with E-state index < -0.39 is 0 Å². The van der Waals surface area contributed by atoms with Gasteiger partial charge in [0.1, 0.15) is 6.54 Å². The van der Waals surface area contributed by atoms with Crippen LogP contribution in [0.1, 0.15) is 6.42 Å². The molecule has 0 N–H and O–H groups in total. The molecule has 4 rings (SSSR count). The van der Waals surface area contributed by atoms with Gasteiger partial charge in [0.2, 0.25) is 11.7 Å². The van der Waals surface area contributed by atoms with Crippen molar-refractivity contribution in [3.8, 4) is 11.4 Å². The highest BCUT2D eigenvalue weighted by molar-refractivity contribution is 5.75. The molecule has 0 aliphatic carbocycles. The van der Waals surface area contributed by atoms with Gasteiger partial charge in [0, 0.05) is 37.7 Å². The lowest BCUT2D eigenvalue weighted by molar-refractivity contribution is -0.133. The summed E-state index contributed by atoms with van der Waals surface area (Å²) in [6.45, 7) is 2.51. The van der Waals surface area contributed by atoms with Gasteiger partial charge in [-0.05, 0) is 17.7 Å². The summed E-state index contributed by atoms with van der Waals surface area (Å²) < 4.78 is 7.69. The highest BCUT2D eigenvalue weighted by atomic mass is 16.5. The van der Waals surface area contributed by atoms with Gasteiger partial charge in [-0.25, -0.2) is 0 Å². The predicted molar refractivity (Wildman–Crippen MR) is 96.4 cm³/mol. The van der Waals surface area contributed by atoms with E-state index in [-0.39, 0.29) is 18.6 Å². The second kappa shape index (κ2) is 8.09. The van der Waals surface area contributed by atoms with Crippen LogP contribution in [0.25, 0.3) is 11.4 Å². The monoisotopic (exact) mass is 367 g/mol. The van der Waals surface area contributed by atoms with Crippen LogP contribution >= 0.6 is 0 Å². The van der Waals surface area contributed by atoms with Crippen LogP contribution in [0, 0.1) is 0 Å². The maximum atomic E-state index is 12.7. The standard InChI is InChI=1S/C18H21N7O2/c26-17(14-25-21-18(20-22-25)15-6-2-1-3-7-15)23-9-5-11-27-16(12-23)13-24-10-4-8-19-24/h1-4,6-8,10,16H,5,9,11-14H2/t16-/m0/s1. The first-order valence-electron chi connectivity index (χ1n) is 8.98. The van der Waals surface area contributed by atoms with Gasteiger partial charge in [-0.2, -0.15) is 9.90 Å². The number of nitrogens with zero attached hydrogens (tertiary/aromatic N) is 7. The zero-order valence-electron chi connectivity index (χ0n) is 14.9. The van der Waals surface area contributed by atoms with Gasteiger partial charge in [-0.15, -0.1) is 10.2 Å². The topological polar surface area (TPSA) is 91.0 Å². The van der Waals surface area contributed by atoms with E-state index in [1.165, 1.54) is 4.80 Å². The molecule has 27 heavy (non-hydrogen) atoms. The molecule has 1 aromatic carbocycles. The Balaban J connectivity index is 1.39. The Morgan fingerprint density at radius 1 is 1.22 bits per heavy atom. The summed E-state index contributed by atoms with van der Waals surface area (Å²) in [6, 6.07) is 11.5. The van der Waals surface area contributed by atoms with E-state index in [0.717, 1.165) is 12.0 Å². The smallest absolute Gasteiger partial charge is 0.246 e. The van der Waals surface area contributed by atoms with Crippen LogP contribution in [-0.2, 0) is 22.6 Å². The van der Waals surface area contributed by atoms with Crippen molar-refractivity contribution < 1.29 is 9.53 Å². The molecule has 1 amide bonds. The Morgan fingerprint density at radius 2 is 2.11 bits per heavy atom. The lowest BCUT2D eigenvalue weighted by Gasteiger charge is -2.23. The number of tetrazole rings is 1. The Kier molecular flexibility index (Phi) is 5.20. The summed E-state index contributed by atoms with van der Waals surface area (Å²) >= 11 is 0. The molecule has 1 saturated heterocycles. The summed E-state index contributed by atoms with van der Waals surface area (Å²) in [7, 11) is 0. The molecule has 0 saturated carbocycles. The fourth-order valence-corrected chi connectivity index (χ4v) is 3.08. The Bertz CT molecular complexity index is 863. The van der Waals surface area contributed by atoms with Gasteiger partial charge in [0.25, 0.3) is 0 Å². The molecule has 0 spiro atoms. The number of benzene rings is 1. The molecule has 1 fully saturated rings. The molecule has 2 aromatic heterocycles. The van der Waals surface area contributed by atoms with Crippen molar-refractivity contribution in [3.05, 3.63) is 48.8 Å². The largest absolute Gasteiger partial charge is 0.374 e. The number of ether oxygens (including phenoxy) is 1.